The van der Waals surface area contributed by atoms with Crippen molar-refractivity contribution in [3.8, 4) is 17.6 Å². The van der Waals surface area contributed by atoms with E-state index in [9.17, 15) is 13.7 Å². The summed E-state index contributed by atoms with van der Waals surface area (Å²) >= 11 is 0. The number of allylic oxidation sites excluding steroid dienone is 1. The topological polar surface area (TPSA) is 76.4 Å². The van der Waals surface area contributed by atoms with E-state index in [2.05, 4.69) is 0 Å². The first-order chi connectivity index (χ1) is 11.4. The van der Waals surface area contributed by atoms with Gasteiger partial charge in [-0.3, -0.25) is 0 Å². The van der Waals surface area contributed by atoms with Gasteiger partial charge in [0.1, 0.15) is 22.5 Å². The second-order valence-electron chi connectivity index (χ2n) is 5.04. The maximum absolute atomic E-state index is 12.6. The third-order valence-corrected chi connectivity index (χ3v) is 5.14. The number of nitriles is 1. The number of hydrogen-bond donors (Lipinski definition) is 0. The Labute approximate surface area is 141 Å². The molecule has 6 heteroatoms. The lowest BCUT2D eigenvalue weighted by Crippen LogP contribution is -2.03. The molecule has 0 amide bonds. The molecule has 0 heterocycles. The number of benzene rings is 2. The Hall–Kier alpha value is -2.78. The van der Waals surface area contributed by atoms with Crippen LogP contribution in [-0.2, 0) is 9.84 Å². The fraction of sp³-hybridized carbons (Fsp3) is 0.167. The standard InChI is InChI=1S/C18H17NO4S/c1-13-4-8-16(9-5-13)24(20,21)17(12-19)10-14-6-7-15(22-2)11-18(14)23-3/h4-11H,1-3H3. The number of methoxy groups -OCH3 is 2. The molecule has 2 aromatic carbocycles. The number of nitrogens with zero attached hydrogens (tertiary/aromatic N) is 1. The summed E-state index contributed by atoms with van der Waals surface area (Å²) in [5, 5.41) is 9.34. The van der Waals surface area contributed by atoms with Crippen LogP contribution in [0.3, 0.4) is 0 Å². The SMILES string of the molecule is COc1ccc(C=C(C#N)S(=O)(=O)c2ccc(C)cc2)c(OC)c1. The van der Waals surface area contributed by atoms with Gasteiger partial charge in [0.2, 0.25) is 9.84 Å². The Morgan fingerprint density at radius 1 is 1.08 bits per heavy atom. The molecule has 0 saturated heterocycles. The van der Waals surface area contributed by atoms with E-state index in [0.29, 0.717) is 17.1 Å². The van der Waals surface area contributed by atoms with Crippen LogP contribution in [0.25, 0.3) is 6.08 Å². The van der Waals surface area contributed by atoms with Gasteiger partial charge in [0.25, 0.3) is 0 Å². The summed E-state index contributed by atoms with van der Waals surface area (Å²) in [6, 6.07) is 13.1. The largest absolute Gasteiger partial charge is 0.497 e. The number of hydrogen-bond acceptors (Lipinski definition) is 5. The van der Waals surface area contributed by atoms with Gasteiger partial charge in [-0.25, -0.2) is 8.42 Å². The molecule has 0 saturated carbocycles. The van der Waals surface area contributed by atoms with Crippen LogP contribution in [0.2, 0.25) is 0 Å². The van der Waals surface area contributed by atoms with Crippen molar-refractivity contribution in [3.63, 3.8) is 0 Å². The van der Waals surface area contributed by atoms with Crippen molar-refractivity contribution in [3.05, 3.63) is 58.5 Å². The minimum Gasteiger partial charge on any atom is -0.497 e. The van der Waals surface area contributed by atoms with E-state index >= 15 is 0 Å². The smallest absolute Gasteiger partial charge is 0.216 e. The molecule has 0 aliphatic carbocycles. The predicted molar refractivity (Wildman–Crippen MR) is 91.5 cm³/mol. The number of ether oxygens (including phenoxy) is 2. The van der Waals surface area contributed by atoms with Crippen molar-refractivity contribution in [1.82, 2.24) is 0 Å². The zero-order valence-corrected chi connectivity index (χ0v) is 14.4. The molecule has 0 bridgehead atoms. The van der Waals surface area contributed by atoms with Crippen molar-refractivity contribution in [2.24, 2.45) is 0 Å². The highest BCUT2D eigenvalue weighted by Crippen LogP contribution is 2.29. The second-order valence-corrected chi connectivity index (χ2v) is 6.96. The summed E-state index contributed by atoms with van der Waals surface area (Å²) in [4.78, 5) is -0.275. The zero-order valence-electron chi connectivity index (χ0n) is 13.6. The Bertz CT molecular complexity index is 907. The Morgan fingerprint density at radius 2 is 1.75 bits per heavy atom. The molecule has 0 aliphatic heterocycles. The van der Waals surface area contributed by atoms with Crippen LogP contribution in [0, 0.1) is 18.3 Å². The molecule has 0 spiro atoms. The normalized spacial score (nSPS) is 11.7. The summed E-state index contributed by atoms with van der Waals surface area (Å²) in [7, 11) is -0.908. The molecular formula is C18H17NO4S. The van der Waals surface area contributed by atoms with E-state index in [1.54, 1.807) is 36.4 Å². The Balaban J connectivity index is 2.54. The monoisotopic (exact) mass is 343 g/mol. The van der Waals surface area contributed by atoms with Gasteiger partial charge in [0, 0.05) is 11.6 Å². The number of aryl methyl sites for hydroxylation is 1. The molecule has 0 atom stereocenters. The lowest BCUT2D eigenvalue weighted by Gasteiger charge is -2.08. The second kappa shape index (κ2) is 7.20. The fourth-order valence-corrected chi connectivity index (χ4v) is 3.24. The summed E-state index contributed by atoms with van der Waals surface area (Å²) in [6.07, 6.45) is 1.30. The van der Waals surface area contributed by atoms with Crippen molar-refractivity contribution >= 4 is 15.9 Å². The van der Waals surface area contributed by atoms with Crippen molar-refractivity contribution in [2.45, 2.75) is 11.8 Å². The molecule has 0 aliphatic rings. The molecule has 2 rings (SSSR count). The summed E-state index contributed by atoms with van der Waals surface area (Å²) in [5.74, 6) is 0.991. The fourth-order valence-electron chi connectivity index (χ4n) is 2.09. The highest BCUT2D eigenvalue weighted by Gasteiger charge is 2.21. The van der Waals surface area contributed by atoms with Crippen LogP contribution in [0.5, 0.6) is 11.5 Å². The van der Waals surface area contributed by atoms with Gasteiger partial charge in [-0.15, -0.1) is 0 Å². The van der Waals surface area contributed by atoms with Gasteiger partial charge in [-0.2, -0.15) is 5.26 Å². The Morgan fingerprint density at radius 3 is 2.29 bits per heavy atom. The molecule has 5 nitrogen and oxygen atoms in total. The molecule has 124 valence electrons. The van der Waals surface area contributed by atoms with E-state index in [-0.39, 0.29) is 9.80 Å². The maximum atomic E-state index is 12.6. The van der Waals surface area contributed by atoms with Gasteiger partial charge in [-0.05, 0) is 37.3 Å². The Kier molecular flexibility index (Phi) is 5.27. The third-order valence-electron chi connectivity index (χ3n) is 3.46. The van der Waals surface area contributed by atoms with Crippen LogP contribution in [-0.4, -0.2) is 22.6 Å². The van der Waals surface area contributed by atoms with Crippen LogP contribution in [0.4, 0.5) is 0 Å². The highest BCUT2D eigenvalue weighted by molar-refractivity contribution is 7.95. The summed E-state index contributed by atoms with van der Waals surface area (Å²) in [5.41, 5.74) is 1.42. The van der Waals surface area contributed by atoms with Crippen molar-refractivity contribution in [2.75, 3.05) is 14.2 Å². The van der Waals surface area contributed by atoms with Gasteiger partial charge in [0.05, 0.1) is 19.1 Å². The van der Waals surface area contributed by atoms with E-state index in [1.807, 2.05) is 6.92 Å². The van der Waals surface area contributed by atoms with Gasteiger partial charge >= 0.3 is 0 Å². The average molecular weight is 343 g/mol. The number of rotatable bonds is 5. The van der Waals surface area contributed by atoms with E-state index < -0.39 is 9.84 Å². The molecule has 0 aromatic heterocycles. The van der Waals surface area contributed by atoms with E-state index in [1.165, 1.54) is 32.4 Å². The van der Waals surface area contributed by atoms with Crippen LogP contribution in [0.15, 0.2) is 52.3 Å². The minimum atomic E-state index is -3.89. The van der Waals surface area contributed by atoms with Crippen molar-refractivity contribution < 1.29 is 17.9 Å². The average Bonchev–Trinajstić information content (AvgIpc) is 2.59. The summed E-state index contributed by atoms with van der Waals surface area (Å²) in [6.45, 7) is 1.86. The molecule has 0 N–H and O–H groups in total. The summed E-state index contributed by atoms with van der Waals surface area (Å²) < 4.78 is 35.6. The molecule has 0 unspecified atom stereocenters. The molecule has 24 heavy (non-hydrogen) atoms. The molecule has 2 aromatic rings. The molecule has 0 radical (unpaired) electrons. The zero-order chi connectivity index (χ0) is 17.7. The predicted octanol–water partition coefficient (Wildman–Crippen LogP) is 3.35. The van der Waals surface area contributed by atoms with Gasteiger partial charge in [0.15, 0.2) is 0 Å². The highest BCUT2D eigenvalue weighted by atomic mass is 32.2. The van der Waals surface area contributed by atoms with Crippen molar-refractivity contribution in [1.29, 1.82) is 5.26 Å². The quantitative estimate of drug-likeness (QED) is 0.778. The first-order valence-corrected chi connectivity index (χ1v) is 8.56. The number of sulfone groups is 1. The van der Waals surface area contributed by atoms with Gasteiger partial charge in [-0.1, -0.05) is 17.7 Å². The van der Waals surface area contributed by atoms with Crippen LogP contribution in [0.1, 0.15) is 11.1 Å². The van der Waals surface area contributed by atoms with E-state index in [4.69, 9.17) is 9.47 Å². The van der Waals surface area contributed by atoms with Crippen LogP contribution < -0.4 is 9.47 Å². The lowest BCUT2D eigenvalue weighted by atomic mass is 10.2. The van der Waals surface area contributed by atoms with E-state index in [0.717, 1.165) is 5.56 Å². The third kappa shape index (κ3) is 3.58. The molecule has 0 fully saturated rings. The minimum absolute atomic E-state index is 0.0772. The van der Waals surface area contributed by atoms with Crippen LogP contribution >= 0.6 is 0 Å². The maximum Gasteiger partial charge on any atom is 0.216 e. The molecular weight excluding hydrogens is 326 g/mol. The van der Waals surface area contributed by atoms with Gasteiger partial charge < -0.3 is 9.47 Å². The first-order valence-electron chi connectivity index (χ1n) is 7.08. The first kappa shape index (κ1) is 17.6. The lowest BCUT2D eigenvalue weighted by molar-refractivity contribution is 0.394.